The van der Waals surface area contributed by atoms with Gasteiger partial charge in [-0.25, -0.2) is 0 Å². The van der Waals surface area contributed by atoms with E-state index in [9.17, 15) is 4.79 Å². The Kier molecular flexibility index (Phi) is 5.01. The monoisotopic (exact) mass is 275 g/mol. The second kappa shape index (κ2) is 6.75. The number of likely N-dealkylation sites (N-methyl/N-ethyl adjacent to an activating group) is 1. The molecular formula is C16H25N3O. The topological polar surface area (TPSA) is 58.4 Å². The molecule has 1 aliphatic rings. The molecule has 1 aromatic rings. The van der Waals surface area contributed by atoms with Gasteiger partial charge in [-0.15, -0.1) is 0 Å². The third kappa shape index (κ3) is 3.97. The van der Waals surface area contributed by atoms with Crippen molar-refractivity contribution in [3.8, 4) is 0 Å². The fourth-order valence-corrected chi connectivity index (χ4v) is 3.06. The highest BCUT2D eigenvalue weighted by Gasteiger charge is 2.25. The quantitative estimate of drug-likeness (QED) is 0.831. The van der Waals surface area contributed by atoms with E-state index in [0.717, 1.165) is 5.69 Å². The zero-order valence-electron chi connectivity index (χ0n) is 12.4. The molecule has 2 unspecified atom stereocenters. The molecule has 0 spiro atoms. The number of hydrogen-bond donors (Lipinski definition) is 2. The van der Waals surface area contributed by atoms with E-state index < -0.39 is 0 Å². The standard InChI is InChI=1S/C16H25N3O/c1-12-5-3-4-6-15(12)19(2)11-16(20)18-14-9-7-13(17)8-10-14/h7-10,12,15H,3-6,11,17H2,1-2H3,(H,18,20). The Hall–Kier alpha value is -1.55. The average Bonchev–Trinajstić information content (AvgIpc) is 2.41. The molecule has 0 radical (unpaired) electrons. The highest BCUT2D eigenvalue weighted by molar-refractivity contribution is 5.92. The lowest BCUT2D eigenvalue weighted by Crippen LogP contribution is -2.42. The molecule has 1 saturated carbocycles. The first kappa shape index (κ1) is 14.9. The van der Waals surface area contributed by atoms with Crippen molar-refractivity contribution in [1.82, 2.24) is 4.90 Å². The maximum absolute atomic E-state index is 12.1. The third-order valence-corrected chi connectivity index (χ3v) is 4.22. The average molecular weight is 275 g/mol. The van der Waals surface area contributed by atoms with Gasteiger partial charge in [-0.1, -0.05) is 19.8 Å². The van der Waals surface area contributed by atoms with Gasteiger partial charge in [0.15, 0.2) is 0 Å². The molecule has 0 heterocycles. The summed E-state index contributed by atoms with van der Waals surface area (Å²) in [5.74, 6) is 0.716. The summed E-state index contributed by atoms with van der Waals surface area (Å²) in [6.07, 6.45) is 5.07. The van der Waals surface area contributed by atoms with Crippen LogP contribution in [0.1, 0.15) is 32.6 Å². The van der Waals surface area contributed by atoms with E-state index >= 15 is 0 Å². The van der Waals surface area contributed by atoms with Crippen molar-refractivity contribution >= 4 is 17.3 Å². The number of anilines is 2. The predicted molar refractivity (Wildman–Crippen MR) is 83.5 cm³/mol. The van der Waals surface area contributed by atoms with Gasteiger partial charge < -0.3 is 11.1 Å². The smallest absolute Gasteiger partial charge is 0.238 e. The normalized spacial score (nSPS) is 22.8. The summed E-state index contributed by atoms with van der Waals surface area (Å²) in [5.41, 5.74) is 7.14. The predicted octanol–water partition coefficient (Wildman–Crippen LogP) is 2.72. The van der Waals surface area contributed by atoms with E-state index in [1.807, 2.05) is 12.1 Å². The molecule has 1 aromatic carbocycles. The highest BCUT2D eigenvalue weighted by Crippen LogP contribution is 2.27. The first-order valence-electron chi connectivity index (χ1n) is 7.42. The summed E-state index contributed by atoms with van der Waals surface area (Å²) in [4.78, 5) is 14.3. The number of nitrogens with two attached hydrogens (primary N) is 1. The number of rotatable bonds is 4. The van der Waals surface area contributed by atoms with Gasteiger partial charge in [0.2, 0.25) is 5.91 Å². The van der Waals surface area contributed by atoms with Gasteiger partial charge in [-0.3, -0.25) is 9.69 Å². The van der Waals surface area contributed by atoms with Crippen LogP contribution in [0.2, 0.25) is 0 Å². The fourth-order valence-electron chi connectivity index (χ4n) is 3.06. The zero-order chi connectivity index (χ0) is 14.5. The second-order valence-electron chi connectivity index (χ2n) is 5.91. The molecule has 4 nitrogen and oxygen atoms in total. The Labute approximate surface area is 121 Å². The van der Waals surface area contributed by atoms with Crippen LogP contribution in [0.4, 0.5) is 11.4 Å². The Bertz CT molecular complexity index is 444. The molecule has 1 aliphatic carbocycles. The van der Waals surface area contributed by atoms with Gasteiger partial charge in [0, 0.05) is 17.4 Å². The van der Waals surface area contributed by atoms with Crippen LogP contribution < -0.4 is 11.1 Å². The molecule has 4 heteroatoms. The van der Waals surface area contributed by atoms with E-state index in [2.05, 4.69) is 24.2 Å². The lowest BCUT2D eigenvalue weighted by atomic mass is 9.85. The molecule has 1 fully saturated rings. The first-order valence-corrected chi connectivity index (χ1v) is 7.42. The first-order chi connectivity index (χ1) is 9.56. The third-order valence-electron chi connectivity index (χ3n) is 4.22. The van der Waals surface area contributed by atoms with Gasteiger partial charge in [0.05, 0.1) is 6.54 Å². The van der Waals surface area contributed by atoms with Crippen LogP contribution >= 0.6 is 0 Å². The summed E-state index contributed by atoms with van der Waals surface area (Å²) in [5, 5.41) is 2.92. The number of nitrogen functional groups attached to an aromatic ring is 1. The Morgan fingerprint density at radius 1 is 1.30 bits per heavy atom. The van der Waals surface area contributed by atoms with Crippen molar-refractivity contribution in [3.63, 3.8) is 0 Å². The number of nitrogens with zero attached hydrogens (tertiary/aromatic N) is 1. The van der Waals surface area contributed by atoms with Crippen molar-refractivity contribution in [3.05, 3.63) is 24.3 Å². The van der Waals surface area contributed by atoms with E-state index in [1.165, 1.54) is 25.7 Å². The summed E-state index contributed by atoms with van der Waals surface area (Å²) < 4.78 is 0. The molecule has 0 bridgehead atoms. The summed E-state index contributed by atoms with van der Waals surface area (Å²) in [6, 6.07) is 7.78. The minimum atomic E-state index is 0.0371. The van der Waals surface area contributed by atoms with Gasteiger partial charge >= 0.3 is 0 Å². The van der Waals surface area contributed by atoms with Gasteiger partial charge in [0.1, 0.15) is 0 Å². The number of carbonyl (C=O) groups is 1. The highest BCUT2D eigenvalue weighted by atomic mass is 16.2. The second-order valence-corrected chi connectivity index (χ2v) is 5.91. The molecule has 3 N–H and O–H groups in total. The Balaban J connectivity index is 1.85. The summed E-state index contributed by atoms with van der Waals surface area (Å²) in [6.45, 7) is 2.73. The van der Waals surface area contributed by atoms with Crippen LogP contribution in [0.15, 0.2) is 24.3 Å². The van der Waals surface area contributed by atoms with Crippen LogP contribution in [-0.4, -0.2) is 30.4 Å². The Morgan fingerprint density at radius 3 is 2.60 bits per heavy atom. The van der Waals surface area contributed by atoms with E-state index in [4.69, 9.17) is 5.73 Å². The maximum Gasteiger partial charge on any atom is 0.238 e. The van der Waals surface area contributed by atoms with Crippen molar-refractivity contribution in [2.24, 2.45) is 5.92 Å². The number of carbonyl (C=O) groups excluding carboxylic acids is 1. The number of benzene rings is 1. The van der Waals surface area contributed by atoms with Crippen molar-refractivity contribution in [1.29, 1.82) is 0 Å². The molecular weight excluding hydrogens is 250 g/mol. The van der Waals surface area contributed by atoms with Gasteiger partial charge in [0.25, 0.3) is 0 Å². The maximum atomic E-state index is 12.1. The molecule has 110 valence electrons. The Morgan fingerprint density at radius 2 is 1.95 bits per heavy atom. The number of amides is 1. The number of hydrogen-bond acceptors (Lipinski definition) is 3. The fraction of sp³-hybridized carbons (Fsp3) is 0.562. The van der Waals surface area contributed by atoms with Crippen LogP contribution in [0, 0.1) is 5.92 Å². The molecule has 1 amide bonds. The van der Waals surface area contributed by atoms with Crippen molar-refractivity contribution in [2.45, 2.75) is 38.6 Å². The molecule has 0 aromatic heterocycles. The molecule has 0 aliphatic heterocycles. The van der Waals surface area contributed by atoms with E-state index in [0.29, 0.717) is 24.2 Å². The van der Waals surface area contributed by atoms with Crippen LogP contribution in [0.25, 0.3) is 0 Å². The van der Waals surface area contributed by atoms with Gasteiger partial charge in [-0.05, 0) is 50.1 Å². The largest absolute Gasteiger partial charge is 0.399 e. The van der Waals surface area contributed by atoms with E-state index in [-0.39, 0.29) is 5.91 Å². The minimum absolute atomic E-state index is 0.0371. The van der Waals surface area contributed by atoms with Crippen molar-refractivity contribution in [2.75, 3.05) is 24.6 Å². The minimum Gasteiger partial charge on any atom is -0.399 e. The lowest BCUT2D eigenvalue weighted by Gasteiger charge is -2.35. The summed E-state index contributed by atoms with van der Waals surface area (Å²) in [7, 11) is 2.05. The molecule has 0 saturated heterocycles. The van der Waals surface area contributed by atoms with Gasteiger partial charge in [-0.2, -0.15) is 0 Å². The SMILES string of the molecule is CC1CCCCC1N(C)CC(=O)Nc1ccc(N)cc1. The zero-order valence-corrected chi connectivity index (χ0v) is 12.4. The molecule has 20 heavy (non-hydrogen) atoms. The lowest BCUT2D eigenvalue weighted by molar-refractivity contribution is -0.117. The molecule has 2 atom stereocenters. The van der Waals surface area contributed by atoms with Crippen LogP contribution in [0.3, 0.4) is 0 Å². The number of nitrogens with one attached hydrogen (secondary N) is 1. The van der Waals surface area contributed by atoms with E-state index in [1.54, 1.807) is 12.1 Å². The van der Waals surface area contributed by atoms with Crippen LogP contribution in [-0.2, 0) is 4.79 Å². The van der Waals surface area contributed by atoms with Crippen molar-refractivity contribution < 1.29 is 4.79 Å². The summed E-state index contributed by atoms with van der Waals surface area (Å²) >= 11 is 0. The molecule has 2 rings (SSSR count). The van der Waals surface area contributed by atoms with Crippen LogP contribution in [0.5, 0.6) is 0 Å².